The minimum Gasteiger partial charge on any atom is -0.493 e. The number of nitrogens with zero attached hydrogens (tertiary/aromatic N) is 2. The summed E-state index contributed by atoms with van der Waals surface area (Å²) in [6, 6.07) is 4.85. The molecule has 162 valence electrons. The van der Waals surface area contributed by atoms with Crippen LogP contribution in [0, 0.1) is 0 Å². The van der Waals surface area contributed by atoms with E-state index in [0.29, 0.717) is 35.9 Å². The first-order valence-electron chi connectivity index (χ1n) is 9.37. The number of aliphatic imine (C=N–C) groups is 1. The minimum atomic E-state index is 0. The Morgan fingerprint density at radius 3 is 2.04 bits per heavy atom. The van der Waals surface area contributed by atoms with Gasteiger partial charge in [0.05, 0.1) is 21.3 Å². The Balaban J connectivity index is 0.00000729. The molecule has 1 aromatic carbocycles. The summed E-state index contributed by atoms with van der Waals surface area (Å²) in [6.45, 7) is 11.2. The first-order chi connectivity index (χ1) is 12.9. The molecule has 0 saturated heterocycles. The molecule has 0 aromatic heterocycles. The molecular weight excluding hydrogens is 471 g/mol. The van der Waals surface area contributed by atoms with E-state index in [-0.39, 0.29) is 24.0 Å². The first-order valence-corrected chi connectivity index (χ1v) is 9.37. The maximum atomic E-state index is 5.53. The number of halogens is 1. The van der Waals surface area contributed by atoms with Gasteiger partial charge in [-0.15, -0.1) is 24.0 Å². The molecule has 1 rings (SSSR count). The number of ether oxygens (including phenoxy) is 3. The molecule has 0 aliphatic carbocycles. The summed E-state index contributed by atoms with van der Waals surface area (Å²) in [5.41, 5.74) is 0.962. The van der Waals surface area contributed by atoms with Gasteiger partial charge in [0, 0.05) is 44.3 Å². The lowest BCUT2D eigenvalue weighted by molar-refractivity contribution is 0.178. The molecular formula is C20H37IN4O3. The second-order valence-corrected chi connectivity index (χ2v) is 6.77. The molecule has 2 N–H and O–H groups in total. The predicted octanol–water partition coefficient (Wildman–Crippen LogP) is 3.11. The number of nitrogens with one attached hydrogen (secondary N) is 2. The number of hydrogen-bond donors (Lipinski definition) is 2. The van der Waals surface area contributed by atoms with Gasteiger partial charge in [0.25, 0.3) is 0 Å². The Hall–Kier alpha value is -1.42. The number of methoxy groups -OCH3 is 3. The molecule has 0 saturated carbocycles. The Labute approximate surface area is 187 Å². The summed E-state index contributed by atoms with van der Waals surface area (Å²) < 4.78 is 16.3. The number of guanidine groups is 1. The van der Waals surface area contributed by atoms with Crippen molar-refractivity contribution in [2.24, 2.45) is 4.99 Å². The zero-order valence-electron chi connectivity index (χ0n) is 18.5. The topological polar surface area (TPSA) is 67.4 Å². The first kappa shape index (κ1) is 26.6. The highest BCUT2D eigenvalue weighted by Crippen LogP contribution is 2.39. The third-order valence-corrected chi connectivity index (χ3v) is 4.44. The van der Waals surface area contributed by atoms with E-state index < -0.39 is 0 Å². The Morgan fingerprint density at radius 2 is 1.57 bits per heavy atom. The van der Waals surface area contributed by atoms with Crippen molar-refractivity contribution in [3.63, 3.8) is 0 Å². The Kier molecular flexibility index (Phi) is 13.0. The zero-order valence-corrected chi connectivity index (χ0v) is 20.8. The van der Waals surface area contributed by atoms with E-state index >= 15 is 0 Å². The summed E-state index contributed by atoms with van der Waals surface area (Å²) in [5.74, 6) is 2.64. The van der Waals surface area contributed by atoms with E-state index in [2.05, 4.69) is 48.2 Å². The molecule has 28 heavy (non-hydrogen) atoms. The van der Waals surface area contributed by atoms with E-state index in [1.165, 1.54) is 0 Å². The van der Waals surface area contributed by atoms with Crippen LogP contribution < -0.4 is 24.8 Å². The van der Waals surface area contributed by atoms with Gasteiger partial charge in [0.2, 0.25) is 5.75 Å². The molecule has 0 radical (unpaired) electrons. The fraction of sp³-hybridized carbons (Fsp3) is 0.650. The average Bonchev–Trinajstić information content (AvgIpc) is 2.65. The maximum absolute atomic E-state index is 5.53. The van der Waals surface area contributed by atoms with Crippen LogP contribution >= 0.6 is 24.0 Å². The fourth-order valence-corrected chi connectivity index (χ4v) is 3.12. The number of benzene rings is 1. The van der Waals surface area contributed by atoms with Crippen LogP contribution in [-0.4, -0.2) is 64.4 Å². The van der Waals surface area contributed by atoms with E-state index in [4.69, 9.17) is 14.2 Å². The van der Waals surface area contributed by atoms with Crippen LogP contribution in [0.3, 0.4) is 0 Å². The second-order valence-electron chi connectivity index (χ2n) is 6.77. The van der Waals surface area contributed by atoms with Crippen LogP contribution in [0.25, 0.3) is 0 Å². The highest BCUT2D eigenvalue weighted by Gasteiger charge is 2.16. The molecule has 0 aliphatic heterocycles. The van der Waals surface area contributed by atoms with E-state index in [1.54, 1.807) is 28.4 Å². The quantitative estimate of drug-likeness (QED) is 0.288. The SMILES string of the molecule is CN=C(NCCN(C(C)C)C(C)C)NCc1ccc(OC)c(OC)c1OC.I. The van der Waals surface area contributed by atoms with Crippen molar-refractivity contribution in [2.45, 2.75) is 46.3 Å². The molecule has 0 unspecified atom stereocenters. The van der Waals surface area contributed by atoms with Gasteiger partial charge in [0.1, 0.15) is 0 Å². The molecule has 0 heterocycles. The molecule has 0 atom stereocenters. The summed E-state index contributed by atoms with van der Waals surface area (Å²) >= 11 is 0. The lowest BCUT2D eigenvalue weighted by Gasteiger charge is -2.30. The van der Waals surface area contributed by atoms with E-state index in [9.17, 15) is 0 Å². The van der Waals surface area contributed by atoms with Gasteiger partial charge in [-0.2, -0.15) is 0 Å². The largest absolute Gasteiger partial charge is 0.493 e. The molecule has 0 amide bonds. The van der Waals surface area contributed by atoms with Crippen molar-refractivity contribution in [1.82, 2.24) is 15.5 Å². The van der Waals surface area contributed by atoms with Gasteiger partial charge in [-0.05, 0) is 39.8 Å². The summed E-state index contributed by atoms with van der Waals surface area (Å²) in [6.07, 6.45) is 0. The van der Waals surface area contributed by atoms with Gasteiger partial charge >= 0.3 is 0 Å². The van der Waals surface area contributed by atoms with Gasteiger partial charge in [-0.1, -0.05) is 0 Å². The Morgan fingerprint density at radius 1 is 0.964 bits per heavy atom. The smallest absolute Gasteiger partial charge is 0.203 e. The molecule has 8 heteroatoms. The summed E-state index contributed by atoms with van der Waals surface area (Å²) in [4.78, 5) is 6.74. The van der Waals surface area contributed by atoms with Gasteiger partial charge in [-0.3, -0.25) is 9.89 Å². The van der Waals surface area contributed by atoms with Gasteiger partial charge < -0.3 is 24.8 Å². The number of rotatable bonds is 10. The van der Waals surface area contributed by atoms with Crippen LogP contribution in [0.4, 0.5) is 0 Å². The molecule has 0 aliphatic rings. The molecule has 7 nitrogen and oxygen atoms in total. The standard InChI is InChI=1S/C20H36N4O3.HI/c1-14(2)24(15(3)4)12-11-22-20(21-5)23-13-16-9-10-17(25-6)19(27-8)18(16)26-7;/h9-10,14-15H,11-13H2,1-8H3,(H2,21,22,23);1H. The van der Waals surface area contributed by atoms with Crippen molar-refractivity contribution in [2.75, 3.05) is 41.5 Å². The van der Waals surface area contributed by atoms with E-state index in [1.807, 2.05) is 12.1 Å². The lowest BCUT2D eigenvalue weighted by atomic mass is 10.1. The van der Waals surface area contributed by atoms with Crippen molar-refractivity contribution in [1.29, 1.82) is 0 Å². The van der Waals surface area contributed by atoms with Crippen molar-refractivity contribution in [3.05, 3.63) is 17.7 Å². The highest BCUT2D eigenvalue weighted by atomic mass is 127. The van der Waals surface area contributed by atoms with Gasteiger partial charge in [0.15, 0.2) is 17.5 Å². The molecule has 0 bridgehead atoms. The third kappa shape index (κ3) is 7.54. The maximum Gasteiger partial charge on any atom is 0.203 e. The highest BCUT2D eigenvalue weighted by molar-refractivity contribution is 14.0. The average molecular weight is 508 g/mol. The Bertz CT molecular complexity index is 601. The van der Waals surface area contributed by atoms with Crippen LogP contribution in [0.5, 0.6) is 17.2 Å². The fourth-order valence-electron chi connectivity index (χ4n) is 3.12. The monoisotopic (exact) mass is 508 g/mol. The van der Waals surface area contributed by atoms with Crippen molar-refractivity contribution >= 4 is 29.9 Å². The van der Waals surface area contributed by atoms with Crippen LogP contribution in [0.1, 0.15) is 33.3 Å². The lowest BCUT2D eigenvalue weighted by Crippen LogP contribution is -2.45. The third-order valence-electron chi connectivity index (χ3n) is 4.44. The number of hydrogen-bond acceptors (Lipinski definition) is 5. The van der Waals surface area contributed by atoms with Crippen molar-refractivity contribution < 1.29 is 14.2 Å². The van der Waals surface area contributed by atoms with Crippen molar-refractivity contribution in [3.8, 4) is 17.2 Å². The minimum absolute atomic E-state index is 0. The van der Waals surface area contributed by atoms with Crippen LogP contribution in [-0.2, 0) is 6.54 Å². The molecule has 1 aromatic rings. The molecule has 0 spiro atoms. The van der Waals surface area contributed by atoms with Gasteiger partial charge in [-0.25, -0.2) is 0 Å². The summed E-state index contributed by atoms with van der Waals surface area (Å²) in [5, 5.41) is 6.69. The predicted molar refractivity (Wildman–Crippen MR) is 127 cm³/mol. The zero-order chi connectivity index (χ0) is 20.4. The summed E-state index contributed by atoms with van der Waals surface area (Å²) in [7, 11) is 6.61. The van der Waals surface area contributed by atoms with Crippen LogP contribution in [0.15, 0.2) is 17.1 Å². The normalized spacial score (nSPS) is 11.5. The second kappa shape index (κ2) is 13.7. The van der Waals surface area contributed by atoms with Crippen LogP contribution in [0.2, 0.25) is 0 Å². The molecule has 0 fully saturated rings. The van der Waals surface area contributed by atoms with E-state index in [0.717, 1.165) is 24.6 Å².